The summed E-state index contributed by atoms with van der Waals surface area (Å²) in [6.45, 7) is 6.09. The second kappa shape index (κ2) is 15.5. The van der Waals surface area contributed by atoms with Crippen LogP contribution in [0.1, 0.15) is 18.2 Å². The van der Waals surface area contributed by atoms with Crippen molar-refractivity contribution in [2.45, 2.75) is 6.92 Å². The first-order valence-corrected chi connectivity index (χ1v) is 24.5. The Morgan fingerprint density at radius 2 is 0.750 bits per heavy atom. The van der Waals surface area contributed by atoms with E-state index in [4.69, 9.17) is 8.83 Å². The van der Waals surface area contributed by atoms with Crippen LogP contribution in [0.2, 0.25) is 0 Å². The predicted octanol–water partition coefficient (Wildman–Crippen LogP) is 18.6. The Morgan fingerprint density at radius 3 is 1.25 bits per heavy atom. The van der Waals surface area contributed by atoms with Crippen molar-refractivity contribution in [3.8, 4) is 39.3 Å². The van der Waals surface area contributed by atoms with E-state index in [0.717, 1.165) is 83.5 Å². The van der Waals surface area contributed by atoms with E-state index in [1.165, 1.54) is 65.5 Å². The summed E-state index contributed by atoms with van der Waals surface area (Å²) in [5, 5.41) is 10.3. The van der Waals surface area contributed by atoms with Gasteiger partial charge in [-0.2, -0.15) is 0 Å². The molecular formula is C67H43N3O2. The van der Waals surface area contributed by atoms with E-state index in [1.54, 1.807) is 0 Å². The zero-order valence-electron chi connectivity index (χ0n) is 39.3. The van der Waals surface area contributed by atoms with Gasteiger partial charge in [-0.1, -0.05) is 116 Å². The van der Waals surface area contributed by atoms with Crippen LogP contribution < -0.4 is 0 Å². The summed E-state index contributed by atoms with van der Waals surface area (Å²) < 4.78 is 20.1. The van der Waals surface area contributed by atoms with E-state index in [2.05, 4.69) is 233 Å². The molecule has 15 rings (SSSR count). The fraction of sp³-hybridized carbons (Fsp3) is 0.0149. The lowest BCUT2D eigenvalue weighted by Crippen LogP contribution is -1.94. The van der Waals surface area contributed by atoms with Crippen molar-refractivity contribution < 1.29 is 8.83 Å². The average Bonchev–Trinajstić information content (AvgIpc) is 4.23. The van der Waals surface area contributed by atoms with Crippen molar-refractivity contribution in [3.05, 3.63) is 236 Å². The number of furan rings is 2. The van der Waals surface area contributed by atoms with E-state index < -0.39 is 0 Å². The zero-order chi connectivity index (χ0) is 47.6. The Morgan fingerprint density at radius 1 is 0.333 bits per heavy atom. The zero-order valence-corrected chi connectivity index (χ0v) is 39.3. The van der Waals surface area contributed by atoms with E-state index in [-0.39, 0.29) is 0 Å². The summed E-state index contributed by atoms with van der Waals surface area (Å²) in [6.07, 6.45) is 5.83. The minimum Gasteiger partial charge on any atom is -0.456 e. The van der Waals surface area contributed by atoms with E-state index in [9.17, 15) is 0 Å². The highest BCUT2D eigenvalue weighted by Gasteiger charge is 2.21. The van der Waals surface area contributed by atoms with Crippen LogP contribution in [0.25, 0.3) is 150 Å². The number of allylic oxidation sites excluding steroid dienone is 1. The van der Waals surface area contributed by atoms with Gasteiger partial charge in [0.2, 0.25) is 0 Å². The molecule has 5 nitrogen and oxygen atoms in total. The lowest BCUT2D eigenvalue weighted by Gasteiger charge is -2.10. The van der Waals surface area contributed by atoms with Gasteiger partial charge in [0.05, 0.1) is 33.1 Å². The molecule has 338 valence electrons. The minimum absolute atomic E-state index is 0.793. The predicted molar refractivity (Wildman–Crippen MR) is 302 cm³/mol. The van der Waals surface area contributed by atoms with Crippen molar-refractivity contribution in [2.75, 3.05) is 0 Å². The molecule has 72 heavy (non-hydrogen) atoms. The van der Waals surface area contributed by atoms with Crippen molar-refractivity contribution in [1.29, 1.82) is 0 Å². The Bertz CT molecular complexity index is 4550. The van der Waals surface area contributed by atoms with Crippen molar-refractivity contribution in [2.24, 2.45) is 0 Å². The van der Waals surface area contributed by atoms with Crippen LogP contribution >= 0.6 is 0 Å². The lowest BCUT2D eigenvalue weighted by atomic mass is 9.98. The van der Waals surface area contributed by atoms with Gasteiger partial charge < -0.3 is 22.5 Å². The van der Waals surface area contributed by atoms with E-state index in [0.29, 0.717) is 0 Å². The number of fused-ring (bicyclic) bond motifs is 13. The van der Waals surface area contributed by atoms with Gasteiger partial charge in [0.25, 0.3) is 0 Å². The largest absolute Gasteiger partial charge is 0.456 e. The highest BCUT2D eigenvalue weighted by Crippen LogP contribution is 2.43. The smallest absolute Gasteiger partial charge is 0.136 e. The molecule has 0 bridgehead atoms. The molecule has 0 N–H and O–H groups in total. The van der Waals surface area contributed by atoms with Crippen LogP contribution in [0.15, 0.2) is 234 Å². The van der Waals surface area contributed by atoms with Gasteiger partial charge in [0.1, 0.15) is 22.5 Å². The molecule has 0 unspecified atom stereocenters. The minimum atomic E-state index is 0.793. The quantitative estimate of drug-likeness (QED) is 0.160. The summed E-state index contributed by atoms with van der Waals surface area (Å²) in [4.78, 5) is 0. The summed E-state index contributed by atoms with van der Waals surface area (Å²) in [5.41, 5.74) is 18.5. The number of nitrogens with zero attached hydrogens (tertiary/aromatic N) is 3. The van der Waals surface area contributed by atoms with Gasteiger partial charge in [-0.25, -0.2) is 0 Å². The SMILES string of the molecule is C=Cc1c(/C=C\C)oc2cc3c(cc12)oc1ccc(-n2c4ccc(-c5ccc6c(c5)c5ccccc5n6-c5ccccc5)cc4c4cc(-c5ccc6c(c5)c5ccccc5n6-c5ccccc5)ccc42)cc13. The Hall–Kier alpha value is -9.58. The molecule has 0 spiro atoms. The third kappa shape index (κ3) is 5.88. The number of aromatic nitrogens is 3. The highest BCUT2D eigenvalue weighted by molar-refractivity contribution is 6.16. The van der Waals surface area contributed by atoms with Crippen molar-refractivity contribution in [3.63, 3.8) is 0 Å². The number of hydrogen-bond acceptors (Lipinski definition) is 2. The Labute approximate surface area is 413 Å². The number of rotatable bonds is 7. The Kier molecular flexibility index (Phi) is 8.66. The summed E-state index contributed by atoms with van der Waals surface area (Å²) in [5.74, 6) is 0.793. The molecule has 0 aliphatic carbocycles. The first kappa shape index (κ1) is 40.3. The van der Waals surface area contributed by atoms with Gasteiger partial charge in [0, 0.05) is 71.1 Å². The number of hydrogen-bond donors (Lipinski definition) is 0. The normalized spacial score (nSPS) is 12.2. The maximum absolute atomic E-state index is 6.57. The molecule has 15 aromatic rings. The summed E-state index contributed by atoms with van der Waals surface area (Å²) >= 11 is 0. The Balaban J connectivity index is 0.940. The summed E-state index contributed by atoms with van der Waals surface area (Å²) in [6, 6.07) is 77.4. The molecule has 5 aromatic heterocycles. The van der Waals surface area contributed by atoms with Gasteiger partial charge in [0.15, 0.2) is 0 Å². The molecule has 0 aliphatic heterocycles. The molecule has 0 radical (unpaired) electrons. The third-order valence-corrected chi connectivity index (χ3v) is 14.9. The second-order valence-corrected chi connectivity index (χ2v) is 18.9. The number of benzene rings is 10. The van der Waals surface area contributed by atoms with Crippen molar-refractivity contribution in [1.82, 2.24) is 13.7 Å². The van der Waals surface area contributed by atoms with Gasteiger partial charge in [-0.3, -0.25) is 0 Å². The van der Waals surface area contributed by atoms with Crippen LogP contribution in [0.3, 0.4) is 0 Å². The monoisotopic (exact) mass is 921 g/mol. The second-order valence-electron chi connectivity index (χ2n) is 18.9. The molecule has 0 fully saturated rings. The number of para-hydroxylation sites is 4. The lowest BCUT2D eigenvalue weighted by molar-refractivity contribution is 0.603. The topological polar surface area (TPSA) is 41.1 Å². The van der Waals surface area contributed by atoms with E-state index >= 15 is 0 Å². The molecule has 5 heteroatoms. The van der Waals surface area contributed by atoms with Gasteiger partial charge in [-0.15, -0.1) is 0 Å². The highest BCUT2D eigenvalue weighted by atomic mass is 16.3. The molecule has 0 saturated carbocycles. The average molecular weight is 922 g/mol. The van der Waals surface area contributed by atoms with Crippen molar-refractivity contribution >= 4 is 110 Å². The standard InChI is InChI=1S/C67H43N3O2/c1-3-15-64-48(4-2)56-39-67-57(40-66(56)71-64)55-38-47(28-33-65(55)72-67)70-62-31-26-43(41-24-29-60-51(34-41)49-20-11-13-22-58(49)68(60)45-16-7-5-8-17-45)36-53(62)54-37-44(27-32-63(54)70)42-25-30-61-52(35-42)50-21-12-14-23-59(50)69(61)46-18-9-6-10-19-46/h3-40H,2H2,1H3/b15-3-. The molecule has 0 saturated heterocycles. The third-order valence-electron chi connectivity index (χ3n) is 14.9. The molecule has 0 atom stereocenters. The molecule has 0 aliphatic rings. The fourth-order valence-corrected chi connectivity index (χ4v) is 11.7. The summed E-state index contributed by atoms with van der Waals surface area (Å²) in [7, 11) is 0. The first-order valence-electron chi connectivity index (χ1n) is 24.5. The van der Waals surface area contributed by atoms with Crippen LogP contribution in [0.5, 0.6) is 0 Å². The molecule has 10 aromatic carbocycles. The van der Waals surface area contributed by atoms with Gasteiger partial charge >= 0.3 is 0 Å². The van der Waals surface area contributed by atoms with Crippen LogP contribution in [-0.4, -0.2) is 13.7 Å². The fourth-order valence-electron chi connectivity index (χ4n) is 11.7. The van der Waals surface area contributed by atoms with Crippen LogP contribution in [0, 0.1) is 0 Å². The van der Waals surface area contributed by atoms with Crippen LogP contribution in [0.4, 0.5) is 0 Å². The molecule has 0 amide bonds. The van der Waals surface area contributed by atoms with E-state index in [1.807, 2.05) is 25.2 Å². The maximum atomic E-state index is 6.57. The van der Waals surface area contributed by atoms with Gasteiger partial charge in [-0.05, 0) is 151 Å². The maximum Gasteiger partial charge on any atom is 0.136 e. The molecular weight excluding hydrogens is 879 g/mol. The van der Waals surface area contributed by atoms with Crippen LogP contribution in [-0.2, 0) is 0 Å². The molecule has 5 heterocycles. The first-order chi connectivity index (χ1) is 35.6.